The quantitative estimate of drug-likeness (QED) is 0.829. The number of hydrogen-bond donors (Lipinski definition) is 1. The third kappa shape index (κ3) is 3.28. The molecule has 0 aromatic rings. The van der Waals surface area contributed by atoms with E-state index in [1.165, 1.54) is 7.11 Å². The molecule has 2 heterocycles. The van der Waals surface area contributed by atoms with Gasteiger partial charge < -0.3 is 19.7 Å². The number of nitrogens with one attached hydrogen (secondary N) is 1. The number of carbonyl (C=O) groups is 2. The van der Waals surface area contributed by atoms with Crippen molar-refractivity contribution in [1.29, 1.82) is 0 Å². The van der Waals surface area contributed by atoms with Crippen LogP contribution in [-0.2, 0) is 19.1 Å². The van der Waals surface area contributed by atoms with Crippen LogP contribution in [0.15, 0.2) is 0 Å². The van der Waals surface area contributed by atoms with E-state index in [0.717, 1.165) is 25.7 Å². The summed E-state index contributed by atoms with van der Waals surface area (Å²) < 4.78 is 24.8. The smallest absolute Gasteiger partial charge is 0.260 e. The Kier molecular flexibility index (Phi) is 5.11. The van der Waals surface area contributed by atoms with E-state index >= 15 is 0 Å². The van der Waals surface area contributed by atoms with Crippen LogP contribution in [0, 0.1) is 5.41 Å². The van der Waals surface area contributed by atoms with Crippen molar-refractivity contribution in [2.45, 2.75) is 50.2 Å². The molecule has 136 valence electrons. The van der Waals surface area contributed by atoms with Gasteiger partial charge in [0.15, 0.2) is 5.67 Å². The standard InChI is InChI=1S/C17H27FN2O4/c1-23-12-14(21)19-13-11-24-10-7-16(13)5-8-20(9-6-16)15(22)17(18)3-2-4-17/h13H,2-12H2,1H3,(H,19,21)/t13-/m0/s1. The average Bonchev–Trinajstić information content (AvgIpc) is 2.55. The molecule has 24 heavy (non-hydrogen) atoms. The van der Waals surface area contributed by atoms with Gasteiger partial charge in [0.05, 0.1) is 12.6 Å². The highest BCUT2D eigenvalue weighted by Gasteiger charge is 2.50. The van der Waals surface area contributed by atoms with Crippen molar-refractivity contribution in [1.82, 2.24) is 10.2 Å². The minimum Gasteiger partial charge on any atom is -0.379 e. The largest absolute Gasteiger partial charge is 0.379 e. The fourth-order valence-corrected chi connectivity index (χ4v) is 4.13. The number of methoxy groups -OCH3 is 1. The van der Waals surface area contributed by atoms with Crippen molar-refractivity contribution in [3.05, 3.63) is 0 Å². The first-order valence-electron chi connectivity index (χ1n) is 8.83. The maximum Gasteiger partial charge on any atom is 0.260 e. The first-order chi connectivity index (χ1) is 11.5. The van der Waals surface area contributed by atoms with Crippen LogP contribution >= 0.6 is 0 Å². The Bertz CT molecular complexity index is 487. The van der Waals surface area contributed by atoms with E-state index in [1.807, 2.05) is 0 Å². The van der Waals surface area contributed by atoms with Crippen molar-refractivity contribution in [2.75, 3.05) is 40.0 Å². The van der Waals surface area contributed by atoms with Gasteiger partial charge in [-0.1, -0.05) is 0 Å². The van der Waals surface area contributed by atoms with E-state index in [1.54, 1.807) is 4.90 Å². The molecule has 1 aliphatic carbocycles. The number of piperidine rings is 1. The minimum atomic E-state index is -1.62. The predicted octanol–water partition coefficient (Wildman–Crippen LogP) is 1.04. The van der Waals surface area contributed by atoms with Crippen LogP contribution in [0.4, 0.5) is 4.39 Å². The van der Waals surface area contributed by atoms with Crippen molar-refractivity contribution in [2.24, 2.45) is 5.41 Å². The molecule has 0 bridgehead atoms. The first-order valence-corrected chi connectivity index (χ1v) is 8.83. The maximum absolute atomic E-state index is 14.4. The predicted molar refractivity (Wildman–Crippen MR) is 85.2 cm³/mol. The third-order valence-corrected chi connectivity index (χ3v) is 5.95. The Balaban J connectivity index is 1.61. The fourth-order valence-electron chi connectivity index (χ4n) is 4.13. The van der Waals surface area contributed by atoms with Gasteiger partial charge in [-0.15, -0.1) is 0 Å². The molecule has 2 saturated heterocycles. The van der Waals surface area contributed by atoms with Gasteiger partial charge in [-0.3, -0.25) is 9.59 Å². The molecule has 0 radical (unpaired) electrons. The van der Waals surface area contributed by atoms with Gasteiger partial charge >= 0.3 is 0 Å². The second-order valence-electron chi connectivity index (χ2n) is 7.35. The average molecular weight is 342 g/mol. The van der Waals surface area contributed by atoms with Crippen LogP contribution < -0.4 is 5.32 Å². The molecule has 1 N–H and O–H groups in total. The number of amides is 2. The topological polar surface area (TPSA) is 67.9 Å². The van der Waals surface area contributed by atoms with Crippen LogP contribution in [0.5, 0.6) is 0 Å². The highest BCUT2D eigenvalue weighted by molar-refractivity contribution is 5.86. The molecule has 2 aliphatic heterocycles. The number of alkyl halides is 1. The van der Waals surface area contributed by atoms with E-state index in [2.05, 4.69) is 5.32 Å². The molecule has 0 unspecified atom stereocenters. The number of likely N-dealkylation sites (tertiary alicyclic amines) is 1. The second-order valence-corrected chi connectivity index (χ2v) is 7.35. The zero-order chi connectivity index (χ0) is 17.2. The number of nitrogens with zero attached hydrogens (tertiary/aromatic N) is 1. The van der Waals surface area contributed by atoms with Crippen LogP contribution in [0.1, 0.15) is 38.5 Å². The molecule has 7 heteroatoms. The molecule has 3 fully saturated rings. The third-order valence-electron chi connectivity index (χ3n) is 5.95. The van der Waals surface area contributed by atoms with Crippen molar-refractivity contribution in [3.8, 4) is 0 Å². The van der Waals surface area contributed by atoms with Crippen molar-refractivity contribution in [3.63, 3.8) is 0 Å². The van der Waals surface area contributed by atoms with Gasteiger partial charge in [-0.2, -0.15) is 0 Å². The Morgan fingerprint density at radius 1 is 1.25 bits per heavy atom. The van der Waals surface area contributed by atoms with Crippen LogP contribution in [0.3, 0.4) is 0 Å². The molecule has 0 aromatic carbocycles. The Hall–Kier alpha value is -1.21. The highest BCUT2D eigenvalue weighted by Crippen LogP contribution is 2.43. The lowest BCUT2D eigenvalue weighted by atomic mass is 9.69. The number of carbonyl (C=O) groups excluding carboxylic acids is 2. The summed E-state index contributed by atoms with van der Waals surface area (Å²) >= 11 is 0. The number of halogens is 1. The summed E-state index contributed by atoms with van der Waals surface area (Å²) in [6, 6.07) is -0.0748. The Labute approximate surface area is 142 Å². The van der Waals surface area contributed by atoms with Crippen LogP contribution in [0.2, 0.25) is 0 Å². The molecule has 3 aliphatic rings. The normalized spacial score (nSPS) is 28.2. The van der Waals surface area contributed by atoms with Gasteiger partial charge in [-0.05, 0) is 43.9 Å². The van der Waals surface area contributed by atoms with E-state index in [9.17, 15) is 14.0 Å². The van der Waals surface area contributed by atoms with Gasteiger partial charge in [0, 0.05) is 26.8 Å². The van der Waals surface area contributed by atoms with Crippen molar-refractivity contribution < 1.29 is 23.5 Å². The monoisotopic (exact) mass is 342 g/mol. The molecule has 1 saturated carbocycles. The van der Waals surface area contributed by atoms with E-state index < -0.39 is 5.67 Å². The zero-order valence-electron chi connectivity index (χ0n) is 14.3. The summed E-state index contributed by atoms with van der Waals surface area (Å²) in [5.74, 6) is -0.487. The van der Waals surface area contributed by atoms with Crippen LogP contribution in [0.25, 0.3) is 0 Å². The summed E-state index contributed by atoms with van der Waals surface area (Å²) in [5.41, 5.74) is -1.69. The Morgan fingerprint density at radius 2 is 1.96 bits per heavy atom. The van der Waals surface area contributed by atoms with Gasteiger partial charge in [0.1, 0.15) is 6.61 Å². The maximum atomic E-state index is 14.4. The highest BCUT2D eigenvalue weighted by atomic mass is 19.1. The molecular weight excluding hydrogens is 315 g/mol. The summed E-state index contributed by atoms with van der Waals surface area (Å²) in [6.45, 7) is 2.29. The zero-order valence-corrected chi connectivity index (χ0v) is 14.3. The molecule has 3 rings (SSSR count). The first kappa shape index (κ1) is 17.6. The lowest BCUT2D eigenvalue weighted by Gasteiger charge is -2.50. The SMILES string of the molecule is COCC(=O)N[C@H]1COCCC12CCN(C(=O)C1(F)CCC1)CC2. The Morgan fingerprint density at radius 3 is 2.54 bits per heavy atom. The van der Waals surface area contributed by atoms with Gasteiger partial charge in [-0.25, -0.2) is 4.39 Å². The molecule has 2 amide bonds. The van der Waals surface area contributed by atoms with E-state index in [-0.39, 0.29) is 29.9 Å². The fraction of sp³-hybridized carbons (Fsp3) is 0.882. The lowest BCUT2D eigenvalue weighted by Crippen LogP contribution is -2.60. The second kappa shape index (κ2) is 6.96. The summed E-state index contributed by atoms with van der Waals surface area (Å²) in [7, 11) is 1.49. The number of ether oxygens (including phenoxy) is 2. The number of hydrogen-bond acceptors (Lipinski definition) is 4. The molecule has 1 spiro atoms. The molecular formula is C17H27FN2O4. The van der Waals surface area contributed by atoms with Crippen LogP contribution in [-0.4, -0.2) is 68.4 Å². The molecule has 0 aromatic heterocycles. The lowest BCUT2D eigenvalue weighted by molar-refractivity contribution is -0.154. The summed E-state index contributed by atoms with van der Waals surface area (Å²) in [6.07, 6.45) is 3.92. The van der Waals surface area contributed by atoms with E-state index in [4.69, 9.17) is 9.47 Å². The molecule has 6 nitrogen and oxygen atoms in total. The summed E-state index contributed by atoms with van der Waals surface area (Å²) in [4.78, 5) is 25.9. The minimum absolute atomic E-state index is 0.0293. The van der Waals surface area contributed by atoms with Gasteiger partial charge in [0.25, 0.3) is 5.91 Å². The van der Waals surface area contributed by atoms with Crippen molar-refractivity contribution >= 4 is 11.8 Å². The molecule has 1 atom stereocenters. The van der Waals surface area contributed by atoms with Gasteiger partial charge in [0.2, 0.25) is 5.91 Å². The van der Waals surface area contributed by atoms with E-state index in [0.29, 0.717) is 39.1 Å². The number of rotatable bonds is 4. The summed E-state index contributed by atoms with van der Waals surface area (Å²) in [5, 5.41) is 3.01.